The predicted molar refractivity (Wildman–Crippen MR) is 89.9 cm³/mol. The topological polar surface area (TPSA) is 86.0 Å². The number of carbonyl (C=O) groups is 2. The van der Waals surface area contributed by atoms with Gasteiger partial charge in [0, 0.05) is 5.39 Å². The maximum Gasteiger partial charge on any atom is 0.372 e. The number of benzene rings is 2. The minimum atomic E-state index is -1.33. The van der Waals surface area contributed by atoms with Crippen LogP contribution in [0.5, 0.6) is 5.75 Å². The Hall–Kier alpha value is -3.28. The van der Waals surface area contributed by atoms with E-state index < -0.39 is 17.7 Å². The van der Waals surface area contributed by atoms with Crippen molar-refractivity contribution in [2.24, 2.45) is 0 Å². The van der Waals surface area contributed by atoms with Gasteiger partial charge in [0.25, 0.3) is 0 Å². The largest absolute Gasteiger partial charge is 0.489 e. The van der Waals surface area contributed by atoms with Crippen molar-refractivity contribution in [2.45, 2.75) is 13.5 Å². The first-order chi connectivity index (χ1) is 12.1. The van der Waals surface area contributed by atoms with Crippen LogP contribution < -0.4 is 4.74 Å². The zero-order valence-electron chi connectivity index (χ0n) is 13.5. The van der Waals surface area contributed by atoms with Crippen LogP contribution in [0.1, 0.15) is 33.4 Å². The van der Waals surface area contributed by atoms with Gasteiger partial charge in [-0.2, -0.15) is 0 Å². The van der Waals surface area contributed by atoms with Gasteiger partial charge in [0.05, 0.1) is 6.61 Å². The molecular formula is C19H16O6. The summed E-state index contributed by atoms with van der Waals surface area (Å²) in [4.78, 5) is 23.5. The number of hydrogen-bond donors (Lipinski definition) is 1. The minimum absolute atomic E-state index is 0.102. The number of fused-ring (bicyclic) bond motifs is 1. The molecule has 1 aromatic heterocycles. The predicted octanol–water partition coefficient (Wildman–Crippen LogP) is 3.89. The van der Waals surface area contributed by atoms with Crippen molar-refractivity contribution in [3.63, 3.8) is 0 Å². The zero-order chi connectivity index (χ0) is 17.8. The van der Waals surface area contributed by atoms with Crippen LogP contribution in [0.3, 0.4) is 0 Å². The Labute approximate surface area is 143 Å². The quantitative estimate of drug-likeness (QED) is 0.685. The molecule has 6 heteroatoms. The molecule has 0 aliphatic rings. The monoisotopic (exact) mass is 340 g/mol. The Bertz CT molecular complexity index is 910. The maximum absolute atomic E-state index is 12.1. The Balaban J connectivity index is 1.96. The van der Waals surface area contributed by atoms with E-state index in [0.29, 0.717) is 17.7 Å². The van der Waals surface area contributed by atoms with Gasteiger partial charge in [-0.1, -0.05) is 30.3 Å². The summed E-state index contributed by atoms with van der Waals surface area (Å²) in [5.74, 6) is -2.00. The number of esters is 1. The number of carboxylic acid groups (broad SMARTS) is 1. The van der Waals surface area contributed by atoms with Crippen LogP contribution in [-0.4, -0.2) is 23.7 Å². The first kappa shape index (κ1) is 16.6. The van der Waals surface area contributed by atoms with Crippen molar-refractivity contribution in [3.05, 3.63) is 65.4 Å². The van der Waals surface area contributed by atoms with Gasteiger partial charge in [-0.3, -0.25) is 0 Å². The van der Waals surface area contributed by atoms with Gasteiger partial charge in [0.15, 0.2) is 0 Å². The molecule has 0 unspecified atom stereocenters. The number of ether oxygens (including phenoxy) is 2. The average molecular weight is 340 g/mol. The highest BCUT2D eigenvalue weighted by molar-refractivity contribution is 6.11. The van der Waals surface area contributed by atoms with E-state index >= 15 is 0 Å². The highest BCUT2D eigenvalue weighted by atomic mass is 16.5. The van der Waals surface area contributed by atoms with E-state index in [4.69, 9.17) is 13.9 Å². The summed E-state index contributed by atoms with van der Waals surface area (Å²) in [7, 11) is 0. The lowest BCUT2D eigenvalue weighted by atomic mass is 10.1. The summed E-state index contributed by atoms with van der Waals surface area (Å²) in [6.07, 6.45) is 0. The second-order valence-electron chi connectivity index (χ2n) is 5.26. The third-order valence-corrected chi connectivity index (χ3v) is 3.58. The zero-order valence-corrected chi connectivity index (χ0v) is 13.5. The molecule has 0 bridgehead atoms. The van der Waals surface area contributed by atoms with Gasteiger partial charge in [-0.25, -0.2) is 9.59 Å². The molecule has 128 valence electrons. The van der Waals surface area contributed by atoms with Crippen LogP contribution in [0, 0.1) is 0 Å². The fraction of sp³-hybridized carbons (Fsp3) is 0.158. The van der Waals surface area contributed by atoms with E-state index in [1.807, 2.05) is 30.3 Å². The minimum Gasteiger partial charge on any atom is -0.489 e. The Morgan fingerprint density at radius 3 is 2.56 bits per heavy atom. The third kappa shape index (κ3) is 3.47. The lowest BCUT2D eigenvalue weighted by Gasteiger charge is -2.06. The fourth-order valence-electron chi connectivity index (χ4n) is 2.46. The lowest BCUT2D eigenvalue weighted by Crippen LogP contribution is -2.09. The van der Waals surface area contributed by atoms with Crippen LogP contribution in [-0.2, 0) is 11.3 Å². The molecule has 3 rings (SSSR count). The number of furan rings is 1. The fourth-order valence-corrected chi connectivity index (χ4v) is 2.46. The molecule has 0 aliphatic carbocycles. The summed E-state index contributed by atoms with van der Waals surface area (Å²) >= 11 is 0. The van der Waals surface area contributed by atoms with E-state index in [1.165, 1.54) is 0 Å². The van der Waals surface area contributed by atoms with Crippen molar-refractivity contribution in [3.8, 4) is 5.75 Å². The maximum atomic E-state index is 12.1. The molecule has 0 amide bonds. The highest BCUT2D eigenvalue weighted by Crippen LogP contribution is 2.30. The van der Waals surface area contributed by atoms with Crippen LogP contribution in [0.15, 0.2) is 52.9 Å². The molecule has 0 fully saturated rings. The number of hydrogen-bond acceptors (Lipinski definition) is 5. The van der Waals surface area contributed by atoms with Crippen LogP contribution in [0.4, 0.5) is 0 Å². The molecule has 2 aromatic carbocycles. The standard InChI is InChI=1S/C19H16O6/c1-2-23-19(22)16-14-10-13(24-11-12-6-4-3-5-7-12)8-9-15(14)25-17(16)18(20)21/h3-10H,2,11H2,1H3,(H,20,21). The molecule has 0 aliphatic heterocycles. The van der Waals surface area contributed by atoms with Crippen molar-refractivity contribution < 1.29 is 28.6 Å². The molecule has 3 aromatic rings. The van der Waals surface area contributed by atoms with Gasteiger partial charge < -0.3 is 19.0 Å². The first-order valence-corrected chi connectivity index (χ1v) is 7.74. The third-order valence-electron chi connectivity index (χ3n) is 3.58. The number of carboxylic acids is 1. The smallest absolute Gasteiger partial charge is 0.372 e. The molecule has 1 N–H and O–H groups in total. The molecule has 0 spiro atoms. The number of aromatic carboxylic acids is 1. The van der Waals surface area contributed by atoms with E-state index in [9.17, 15) is 14.7 Å². The summed E-state index contributed by atoms with van der Waals surface area (Å²) in [5, 5.41) is 9.62. The van der Waals surface area contributed by atoms with Crippen LogP contribution in [0.2, 0.25) is 0 Å². The van der Waals surface area contributed by atoms with E-state index in [2.05, 4.69) is 0 Å². The van der Waals surface area contributed by atoms with Crippen molar-refractivity contribution in [1.82, 2.24) is 0 Å². The molecule has 1 heterocycles. The summed E-state index contributed by atoms with van der Waals surface area (Å²) in [6, 6.07) is 14.4. The van der Waals surface area contributed by atoms with Gasteiger partial charge in [-0.05, 0) is 30.7 Å². The Morgan fingerprint density at radius 1 is 1.12 bits per heavy atom. The number of carbonyl (C=O) groups excluding carboxylic acids is 1. The van der Waals surface area contributed by atoms with E-state index in [-0.39, 0.29) is 17.8 Å². The highest BCUT2D eigenvalue weighted by Gasteiger charge is 2.26. The molecule has 0 saturated carbocycles. The SMILES string of the molecule is CCOC(=O)c1c(C(=O)O)oc2ccc(OCc3ccccc3)cc12. The summed E-state index contributed by atoms with van der Waals surface area (Å²) < 4.78 is 16.0. The lowest BCUT2D eigenvalue weighted by molar-refractivity contribution is 0.0510. The Morgan fingerprint density at radius 2 is 1.88 bits per heavy atom. The second kappa shape index (κ2) is 7.09. The van der Waals surface area contributed by atoms with Crippen molar-refractivity contribution in [1.29, 1.82) is 0 Å². The van der Waals surface area contributed by atoms with Crippen molar-refractivity contribution >= 4 is 22.9 Å². The van der Waals surface area contributed by atoms with Crippen molar-refractivity contribution in [2.75, 3.05) is 6.61 Å². The van der Waals surface area contributed by atoms with E-state index in [1.54, 1.807) is 25.1 Å². The van der Waals surface area contributed by atoms with Gasteiger partial charge in [0.1, 0.15) is 23.5 Å². The summed E-state index contributed by atoms with van der Waals surface area (Å²) in [6.45, 7) is 2.13. The molecular weight excluding hydrogens is 324 g/mol. The van der Waals surface area contributed by atoms with Gasteiger partial charge >= 0.3 is 11.9 Å². The molecule has 0 atom stereocenters. The molecule has 0 saturated heterocycles. The van der Waals surface area contributed by atoms with Gasteiger partial charge in [0.2, 0.25) is 5.76 Å². The molecule has 25 heavy (non-hydrogen) atoms. The molecule has 6 nitrogen and oxygen atoms in total. The first-order valence-electron chi connectivity index (χ1n) is 7.74. The van der Waals surface area contributed by atoms with Crippen LogP contribution >= 0.6 is 0 Å². The second-order valence-corrected chi connectivity index (χ2v) is 5.26. The number of rotatable bonds is 6. The average Bonchev–Trinajstić information content (AvgIpc) is 3.00. The van der Waals surface area contributed by atoms with Gasteiger partial charge in [-0.15, -0.1) is 0 Å². The van der Waals surface area contributed by atoms with E-state index in [0.717, 1.165) is 5.56 Å². The molecule has 0 radical (unpaired) electrons. The Kier molecular flexibility index (Phi) is 4.70. The normalized spacial score (nSPS) is 10.6. The summed E-state index contributed by atoms with van der Waals surface area (Å²) in [5.41, 5.74) is 1.17. The van der Waals surface area contributed by atoms with Crippen LogP contribution in [0.25, 0.3) is 11.0 Å².